The van der Waals surface area contributed by atoms with E-state index in [9.17, 15) is 4.79 Å². The van der Waals surface area contributed by atoms with Crippen molar-refractivity contribution >= 4 is 17.1 Å². The molecule has 36 heavy (non-hydrogen) atoms. The Labute approximate surface area is 213 Å². The number of aromatic nitrogens is 3. The molecular formula is C29H38N4O3. The van der Waals surface area contributed by atoms with Crippen molar-refractivity contribution in [3.8, 4) is 0 Å². The predicted octanol–water partition coefficient (Wildman–Crippen LogP) is 4.93. The van der Waals surface area contributed by atoms with E-state index in [1.807, 2.05) is 39.1 Å². The summed E-state index contributed by atoms with van der Waals surface area (Å²) in [6.45, 7) is 10.7. The van der Waals surface area contributed by atoms with Crippen LogP contribution in [0.4, 0.5) is 0 Å². The number of nitrogens with zero attached hydrogens (tertiary/aromatic N) is 4. The smallest absolute Gasteiger partial charge is 0.310 e. The molecule has 1 aliphatic carbocycles. The van der Waals surface area contributed by atoms with Crippen LogP contribution in [-0.4, -0.2) is 57.3 Å². The van der Waals surface area contributed by atoms with Crippen molar-refractivity contribution in [2.24, 2.45) is 5.92 Å². The summed E-state index contributed by atoms with van der Waals surface area (Å²) in [5.74, 6) is 1.13. The van der Waals surface area contributed by atoms with Gasteiger partial charge in [-0.3, -0.25) is 9.69 Å². The van der Waals surface area contributed by atoms with E-state index in [0.29, 0.717) is 6.54 Å². The van der Waals surface area contributed by atoms with Gasteiger partial charge in [-0.25, -0.2) is 9.97 Å². The number of imidazole rings is 1. The lowest BCUT2D eigenvalue weighted by Gasteiger charge is -2.32. The summed E-state index contributed by atoms with van der Waals surface area (Å²) >= 11 is 0. The monoisotopic (exact) mass is 490 g/mol. The molecule has 1 saturated heterocycles. The minimum atomic E-state index is -0.455. The zero-order chi connectivity index (χ0) is 25.1. The maximum atomic E-state index is 13.0. The van der Waals surface area contributed by atoms with Gasteiger partial charge in [0.15, 0.2) is 5.65 Å². The first-order valence-electron chi connectivity index (χ1n) is 13.3. The molecule has 2 fully saturated rings. The van der Waals surface area contributed by atoms with Gasteiger partial charge in [0.1, 0.15) is 16.9 Å². The van der Waals surface area contributed by atoms with Crippen LogP contribution in [0.15, 0.2) is 42.6 Å². The molecule has 2 unspecified atom stereocenters. The van der Waals surface area contributed by atoms with Crippen molar-refractivity contribution in [3.05, 3.63) is 59.5 Å². The summed E-state index contributed by atoms with van der Waals surface area (Å²) in [6, 6.07) is 12.8. The Morgan fingerprint density at radius 2 is 1.81 bits per heavy atom. The number of fused-ring (bicyclic) bond motifs is 1. The highest BCUT2D eigenvalue weighted by Gasteiger charge is 2.35. The van der Waals surface area contributed by atoms with Crippen LogP contribution < -0.4 is 0 Å². The number of carbonyl (C=O) groups excluding carboxylic acids is 1. The topological polar surface area (TPSA) is 69.5 Å². The van der Waals surface area contributed by atoms with Crippen molar-refractivity contribution in [3.63, 3.8) is 0 Å². The van der Waals surface area contributed by atoms with E-state index in [4.69, 9.17) is 14.5 Å². The second-order valence-corrected chi connectivity index (χ2v) is 11.1. The SMILES string of the molecule is CC(C)(C)OC(=O)C1CCCCC1c1ccc(Cn2c(CN3CCOCC3)nc3cccnc32)cc1. The van der Waals surface area contributed by atoms with Crippen LogP contribution in [0, 0.1) is 5.92 Å². The van der Waals surface area contributed by atoms with Crippen molar-refractivity contribution in [2.45, 2.75) is 71.1 Å². The lowest BCUT2D eigenvalue weighted by Crippen LogP contribution is -2.36. The predicted molar refractivity (Wildman–Crippen MR) is 140 cm³/mol. The Hall–Kier alpha value is -2.77. The van der Waals surface area contributed by atoms with Crippen molar-refractivity contribution in [1.82, 2.24) is 19.4 Å². The molecule has 2 aromatic heterocycles. The molecule has 7 nitrogen and oxygen atoms in total. The quantitative estimate of drug-likeness (QED) is 0.457. The highest BCUT2D eigenvalue weighted by molar-refractivity contribution is 5.74. The fourth-order valence-corrected chi connectivity index (χ4v) is 5.49. The first-order chi connectivity index (χ1) is 17.4. The zero-order valence-electron chi connectivity index (χ0n) is 21.8. The Kier molecular flexibility index (Phi) is 7.39. The number of pyridine rings is 1. The molecule has 5 rings (SSSR count). The van der Waals surface area contributed by atoms with Crippen LogP contribution in [-0.2, 0) is 27.4 Å². The Bertz CT molecular complexity index is 1180. The molecule has 3 aromatic rings. The molecule has 0 bridgehead atoms. The van der Waals surface area contributed by atoms with Crippen molar-refractivity contribution in [2.75, 3.05) is 26.3 Å². The molecule has 0 spiro atoms. The van der Waals surface area contributed by atoms with Gasteiger partial charge in [-0.15, -0.1) is 0 Å². The van der Waals surface area contributed by atoms with Gasteiger partial charge < -0.3 is 14.0 Å². The molecule has 0 N–H and O–H groups in total. The average Bonchev–Trinajstić information content (AvgIpc) is 3.21. The minimum absolute atomic E-state index is 0.0556. The summed E-state index contributed by atoms with van der Waals surface area (Å²) in [5.41, 5.74) is 3.83. The van der Waals surface area contributed by atoms with E-state index in [-0.39, 0.29) is 17.8 Å². The minimum Gasteiger partial charge on any atom is -0.460 e. The van der Waals surface area contributed by atoms with E-state index in [0.717, 1.165) is 75.5 Å². The van der Waals surface area contributed by atoms with Crippen LogP contribution in [0.1, 0.15) is 69.3 Å². The van der Waals surface area contributed by atoms with Gasteiger partial charge in [-0.1, -0.05) is 37.1 Å². The van der Waals surface area contributed by atoms with Crippen LogP contribution in [0.5, 0.6) is 0 Å². The first kappa shape index (κ1) is 24.9. The van der Waals surface area contributed by atoms with Crippen LogP contribution in [0.3, 0.4) is 0 Å². The molecule has 192 valence electrons. The normalized spacial score (nSPS) is 21.5. The van der Waals surface area contributed by atoms with Gasteiger partial charge in [0.2, 0.25) is 0 Å². The summed E-state index contributed by atoms with van der Waals surface area (Å²) in [5, 5.41) is 0. The second-order valence-electron chi connectivity index (χ2n) is 11.1. The third kappa shape index (κ3) is 5.79. The maximum absolute atomic E-state index is 13.0. The molecule has 2 atom stereocenters. The molecule has 7 heteroatoms. The van der Waals surface area contributed by atoms with Gasteiger partial charge in [0, 0.05) is 19.3 Å². The first-order valence-corrected chi connectivity index (χ1v) is 13.3. The average molecular weight is 491 g/mol. The third-order valence-corrected chi connectivity index (χ3v) is 7.28. The largest absolute Gasteiger partial charge is 0.460 e. The summed E-state index contributed by atoms with van der Waals surface area (Å²) in [4.78, 5) is 24.9. The molecule has 1 aromatic carbocycles. The highest BCUT2D eigenvalue weighted by atomic mass is 16.6. The summed E-state index contributed by atoms with van der Waals surface area (Å²) in [6.07, 6.45) is 6.01. The number of morpholine rings is 1. The number of rotatable bonds is 6. The van der Waals surface area contributed by atoms with Gasteiger partial charge in [-0.05, 0) is 62.8 Å². The van der Waals surface area contributed by atoms with E-state index in [2.05, 4.69) is 38.7 Å². The van der Waals surface area contributed by atoms with Crippen LogP contribution in [0.25, 0.3) is 11.2 Å². The molecule has 1 saturated carbocycles. The van der Waals surface area contributed by atoms with Crippen LogP contribution in [0.2, 0.25) is 0 Å². The number of benzene rings is 1. The fraction of sp³-hybridized carbons (Fsp3) is 0.552. The van der Waals surface area contributed by atoms with Crippen molar-refractivity contribution < 1.29 is 14.3 Å². The third-order valence-electron chi connectivity index (χ3n) is 7.28. The highest BCUT2D eigenvalue weighted by Crippen LogP contribution is 2.39. The second kappa shape index (κ2) is 10.7. The molecule has 0 amide bonds. The summed E-state index contributed by atoms with van der Waals surface area (Å²) < 4.78 is 13.5. The number of hydrogen-bond donors (Lipinski definition) is 0. The molecule has 1 aliphatic heterocycles. The number of carbonyl (C=O) groups is 1. The Morgan fingerprint density at radius 1 is 1.06 bits per heavy atom. The molecule has 0 radical (unpaired) electrons. The lowest BCUT2D eigenvalue weighted by molar-refractivity contribution is -0.161. The van der Waals surface area contributed by atoms with Gasteiger partial charge >= 0.3 is 5.97 Å². The Morgan fingerprint density at radius 3 is 2.56 bits per heavy atom. The van der Waals surface area contributed by atoms with Crippen molar-refractivity contribution in [1.29, 1.82) is 0 Å². The van der Waals surface area contributed by atoms with E-state index in [1.54, 1.807) is 0 Å². The van der Waals surface area contributed by atoms with Crippen LogP contribution >= 0.6 is 0 Å². The van der Waals surface area contributed by atoms with E-state index < -0.39 is 5.60 Å². The molecule has 3 heterocycles. The lowest BCUT2D eigenvalue weighted by atomic mass is 9.75. The van der Waals surface area contributed by atoms with Gasteiger partial charge in [0.05, 0.1) is 32.2 Å². The van der Waals surface area contributed by atoms with Gasteiger partial charge in [-0.2, -0.15) is 0 Å². The standard InChI is InChI=1S/C29H38N4O3/c1-29(2,3)36-28(34)24-8-5-4-7-23(24)22-12-10-21(11-13-22)19-33-26(20-32-15-17-35-18-16-32)31-25-9-6-14-30-27(25)33/h6,9-14,23-24H,4-5,7-8,15-20H2,1-3H3. The molecule has 2 aliphatic rings. The number of hydrogen-bond acceptors (Lipinski definition) is 6. The summed E-state index contributed by atoms with van der Waals surface area (Å²) in [7, 11) is 0. The zero-order valence-corrected chi connectivity index (χ0v) is 21.8. The number of esters is 1. The Balaban J connectivity index is 1.35. The fourth-order valence-electron chi connectivity index (χ4n) is 5.49. The van der Waals surface area contributed by atoms with E-state index >= 15 is 0 Å². The van der Waals surface area contributed by atoms with E-state index in [1.165, 1.54) is 11.1 Å². The maximum Gasteiger partial charge on any atom is 0.310 e. The van der Waals surface area contributed by atoms with Gasteiger partial charge in [0.25, 0.3) is 0 Å². The number of ether oxygens (including phenoxy) is 2. The molecular weight excluding hydrogens is 452 g/mol.